The van der Waals surface area contributed by atoms with Crippen LogP contribution in [0.25, 0.3) is 0 Å². The van der Waals surface area contributed by atoms with E-state index in [9.17, 15) is 19.0 Å². The monoisotopic (exact) mass is 468 g/mol. The summed E-state index contributed by atoms with van der Waals surface area (Å²) in [6.07, 6.45) is 18.3. The molecule has 0 radical (unpaired) electrons. The fourth-order valence-electron chi connectivity index (χ4n) is 3.57. The maximum Gasteiger partial charge on any atom is 0.589 e. The Bertz CT molecular complexity index is 676. The first-order valence-electron chi connectivity index (χ1n) is 12.3. The number of hydrogen-bond acceptors (Lipinski definition) is 5. The van der Waals surface area contributed by atoms with Gasteiger partial charge in [0.05, 0.1) is 5.56 Å². The van der Waals surface area contributed by atoms with Crippen LogP contribution in [0.4, 0.5) is 0 Å². The molecule has 0 spiro atoms. The van der Waals surface area contributed by atoms with Crippen molar-refractivity contribution in [1.29, 1.82) is 0 Å². The molecule has 7 heteroatoms. The van der Waals surface area contributed by atoms with Gasteiger partial charge in [0, 0.05) is 6.42 Å². The molecule has 0 saturated heterocycles. The molecule has 1 rings (SSSR count). The van der Waals surface area contributed by atoms with Crippen LogP contribution >= 0.6 is 7.82 Å². The third-order valence-electron chi connectivity index (χ3n) is 5.41. The van der Waals surface area contributed by atoms with Crippen LogP contribution in [0.15, 0.2) is 30.3 Å². The number of phosphoric ester groups is 1. The lowest BCUT2D eigenvalue weighted by Gasteiger charge is -2.11. The molecule has 1 aromatic carbocycles. The summed E-state index contributed by atoms with van der Waals surface area (Å²) in [5.41, 5.74) is 0.111. The zero-order chi connectivity index (χ0) is 23.5. The van der Waals surface area contributed by atoms with Gasteiger partial charge >= 0.3 is 19.8 Å². The minimum Gasteiger partial charge on any atom is -0.361 e. The number of rotatable bonds is 19. The summed E-state index contributed by atoms with van der Waals surface area (Å²) in [6, 6.07) is 7.79. The van der Waals surface area contributed by atoms with Crippen LogP contribution in [-0.2, 0) is 18.4 Å². The Labute approximate surface area is 193 Å². The minimum absolute atomic E-state index is 0.0334. The molecular formula is C25H41O6P. The first-order chi connectivity index (χ1) is 15.4. The van der Waals surface area contributed by atoms with Gasteiger partial charge in [0.25, 0.3) is 0 Å². The maximum absolute atomic E-state index is 11.8. The Kier molecular flexibility index (Phi) is 15.8. The molecule has 0 fully saturated rings. The Hall–Kier alpha value is -1.65. The van der Waals surface area contributed by atoms with Gasteiger partial charge in [-0.15, -0.1) is 0 Å². The second-order valence-electron chi connectivity index (χ2n) is 8.38. The molecule has 0 heterocycles. The van der Waals surface area contributed by atoms with Gasteiger partial charge in [-0.25, -0.2) is 9.36 Å². The van der Waals surface area contributed by atoms with Gasteiger partial charge < -0.3 is 9.05 Å². The summed E-state index contributed by atoms with van der Waals surface area (Å²) in [4.78, 5) is 33.2. The molecule has 32 heavy (non-hydrogen) atoms. The summed E-state index contributed by atoms with van der Waals surface area (Å²) in [5.74, 6) is -1.83. The lowest BCUT2D eigenvalue weighted by Crippen LogP contribution is -2.09. The highest BCUT2D eigenvalue weighted by Gasteiger charge is 2.30. The number of unbranched alkanes of at least 4 members (excludes halogenated alkanes) is 14. The van der Waals surface area contributed by atoms with Gasteiger partial charge in [0.2, 0.25) is 0 Å². The first-order valence-corrected chi connectivity index (χ1v) is 13.8. The van der Waals surface area contributed by atoms with Crippen molar-refractivity contribution in [3.05, 3.63) is 35.9 Å². The van der Waals surface area contributed by atoms with E-state index in [1.807, 2.05) is 0 Å². The predicted octanol–water partition coefficient (Wildman–Crippen LogP) is 7.75. The summed E-state index contributed by atoms with van der Waals surface area (Å²) in [5, 5.41) is 0. The topological polar surface area (TPSA) is 89.9 Å². The second kappa shape index (κ2) is 17.9. The Balaban J connectivity index is 1.97. The highest BCUT2D eigenvalue weighted by Crippen LogP contribution is 2.44. The van der Waals surface area contributed by atoms with E-state index in [-0.39, 0.29) is 12.0 Å². The summed E-state index contributed by atoms with van der Waals surface area (Å²) in [6.45, 7) is 2.25. The summed E-state index contributed by atoms with van der Waals surface area (Å²) in [7, 11) is -4.76. The average Bonchev–Trinajstić information content (AvgIpc) is 2.76. The number of carbonyl (C=O) groups excluding carboxylic acids is 2. The lowest BCUT2D eigenvalue weighted by atomic mass is 10.0. The number of benzene rings is 1. The summed E-state index contributed by atoms with van der Waals surface area (Å²) >= 11 is 0. The van der Waals surface area contributed by atoms with Crippen molar-refractivity contribution in [3.8, 4) is 0 Å². The fourth-order valence-corrected chi connectivity index (χ4v) is 4.27. The van der Waals surface area contributed by atoms with Crippen molar-refractivity contribution in [2.75, 3.05) is 0 Å². The lowest BCUT2D eigenvalue weighted by molar-refractivity contribution is -0.135. The van der Waals surface area contributed by atoms with Gasteiger partial charge in [0.15, 0.2) is 0 Å². The molecule has 0 aliphatic carbocycles. The van der Waals surface area contributed by atoms with Gasteiger partial charge in [-0.05, 0) is 18.6 Å². The van der Waals surface area contributed by atoms with Crippen molar-refractivity contribution < 1.29 is 28.1 Å². The minimum atomic E-state index is -4.76. The zero-order valence-electron chi connectivity index (χ0n) is 19.6. The molecule has 0 aliphatic heterocycles. The molecule has 0 saturated carbocycles. The van der Waals surface area contributed by atoms with Crippen molar-refractivity contribution in [2.24, 2.45) is 0 Å². The van der Waals surface area contributed by atoms with Crippen LogP contribution in [0.5, 0.6) is 0 Å². The highest BCUT2D eigenvalue weighted by atomic mass is 31.2. The molecule has 0 bridgehead atoms. The SMILES string of the molecule is CCCCCCCCCCCCCCCCCC(=O)OP(=O)(O)OC(=O)c1ccccc1. The smallest absolute Gasteiger partial charge is 0.361 e. The second-order valence-corrected chi connectivity index (χ2v) is 9.68. The highest BCUT2D eigenvalue weighted by molar-refractivity contribution is 7.48. The zero-order valence-corrected chi connectivity index (χ0v) is 20.5. The van der Waals surface area contributed by atoms with Crippen LogP contribution in [0.3, 0.4) is 0 Å². The van der Waals surface area contributed by atoms with Crippen LogP contribution in [-0.4, -0.2) is 16.8 Å². The molecule has 0 aromatic heterocycles. The van der Waals surface area contributed by atoms with E-state index in [4.69, 9.17) is 0 Å². The summed E-state index contributed by atoms with van der Waals surface area (Å²) < 4.78 is 20.8. The van der Waals surface area contributed by atoms with E-state index in [2.05, 4.69) is 16.0 Å². The molecule has 1 aromatic rings. The molecule has 1 atom stereocenters. The van der Waals surface area contributed by atoms with E-state index in [0.29, 0.717) is 6.42 Å². The largest absolute Gasteiger partial charge is 0.589 e. The number of carbonyl (C=O) groups is 2. The van der Waals surface area contributed by atoms with Crippen molar-refractivity contribution in [1.82, 2.24) is 0 Å². The van der Waals surface area contributed by atoms with Crippen LogP contribution in [0, 0.1) is 0 Å². The quantitative estimate of drug-likeness (QED) is 0.165. The molecule has 0 amide bonds. The van der Waals surface area contributed by atoms with Gasteiger partial charge in [-0.1, -0.05) is 115 Å². The third-order valence-corrected chi connectivity index (χ3v) is 6.24. The number of phosphoric acid groups is 1. The first kappa shape index (κ1) is 28.4. The van der Waals surface area contributed by atoms with Crippen LogP contribution < -0.4 is 0 Å². The van der Waals surface area contributed by atoms with Crippen LogP contribution in [0.1, 0.15) is 120 Å². The van der Waals surface area contributed by atoms with Crippen molar-refractivity contribution in [3.63, 3.8) is 0 Å². The van der Waals surface area contributed by atoms with E-state index in [1.54, 1.807) is 18.2 Å². The van der Waals surface area contributed by atoms with Crippen molar-refractivity contribution >= 4 is 19.8 Å². The third kappa shape index (κ3) is 15.2. The fraction of sp³-hybridized carbons (Fsp3) is 0.680. The molecule has 1 N–H and O–H groups in total. The number of hydrogen-bond donors (Lipinski definition) is 1. The van der Waals surface area contributed by atoms with Crippen LogP contribution in [0.2, 0.25) is 0 Å². The molecule has 0 aliphatic rings. The standard InChI is InChI=1S/C25H41O6P/c1-2-3-4-5-6-7-8-9-10-11-12-13-14-15-19-22-24(26)30-32(28,29)31-25(27)23-20-17-16-18-21-23/h16-18,20-21H,2-15,19,22H2,1H3,(H,28,29). The average molecular weight is 469 g/mol. The Morgan fingerprint density at radius 2 is 1.16 bits per heavy atom. The molecular weight excluding hydrogens is 427 g/mol. The van der Waals surface area contributed by atoms with Crippen molar-refractivity contribution in [2.45, 2.75) is 110 Å². The van der Waals surface area contributed by atoms with E-state index < -0.39 is 19.8 Å². The van der Waals surface area contributed by atoms with E-state index in [0.717, 1.165) is 19.3 Å². The van der Waals surface area contributed by atoms with Gasteiger partial charge in [0.1, 0.15) is 0 Å². The van der Waals surface area contributed by atoms with Gasteiger partial charge in [-0.2, -0.15) is 0 Å². The van der Waals surface area contributed by atoms with Gasteiger partial charge in [-0.3, -0.25) is 9.69 Å². The Morgan fingerprint density at radius 3 is 1.62 bits per heavy atom. The molecule has 182 valence electrons. The van der Waals surface area contributed by atoms with E-state index >= 15 is 0 Å². The predicted molar refractivity (Wildman–Crippen MR) is 127 cm³/mol. The maximum atomic E-state index is 11.8. The molecule has 1 unspecified atom stereocenters. The normalized spacial score (nSPS) is 12.8. The molecule has 6 nitrogen and oxygen atoms in total. The van der Waals surface area contributed by atoms with E-state index in [1.165, 1.54) is 82.8 Å². The Morgan fingerprint density at radius 1 is 0.719 bits per heavy atom.